The van der Waals surface area contributed by atoms with Crippen molar-refractivity contribution in [3.8, 4) is 0 Å². The van der Waals surface area contributed by atoms with Crippen LogP contribution < -0.4 is 5.32 Å². The van der Waals surface area contributed by atoms with Gasteiger partial charge >= 0.3 is 0 Å². The van der Waals surface area contributed by atoms with Crippen LogP contribution in [0.15, 0.2) is 0 Å². The monoisotopic (exact) mass is 271 g/mol. The summed E-state index contributed by atoms with van der Waals surface area (Å²) in [5.74, 6) is -0.0615. The summed E-state index contributed by atoms with van der Waals surface area (Å²) < 4.78 is 10.8. The maximum atomic E-state index is 11.3. The molecule has 4 nitrogen and oxygen atoms in total. The number of rotatable bonds is 7. The zero-order valence-electron chi connectivity index (χ0n) is 9.48. The van der Waals surface area contributed by atoms with E-state index in [9.17, 15) is 4.79 Å². The highest BCUT2D eigenvalue weighted by atomic mass is 32.9. The van der Waals surface area contributed by atoms with Gasteiger partial charge in [0.2, 0.25) is 11.6 Å². The first-order valence-corrected chi connectivity index (χ1v) is 8.90. The first-order valence-electron chi connectivity index (χ1n) is 4.78. The Bertz CT molecular complexity index is 240. The molecule has 0 radical (unpaired) electrons. The Morgan fingerprint density at radius 3 is 2.27 bits per heavy atom. The minimum absolute atomic E-state index is 0.0615. The molecule has 1 N–H and O–H groups in total. The lowest BCUT2D eigenvalue weighted by atomic mass is 10.4. The highest BCUT2D eigenvalue weighted by molar-refractivity contribution is 8.68. The predicted octanol–water partition coefficient (Wildman–Crippen LogP) is 2.15. The van der Waals surface area contributed by atoms with Crippen LogP contribution >= 0.6 is 17.1 Å². The van der Waals surface area contributed by atoms with Gasteiger partial charge in [-0.3, -0.25) is 4.79 Å². The third-order valence-corrected chi connectivity index (χ3v) is 7.18. The second-order valence-corrected chi connectivity index (χ2v) is 9.18. The van der Waals surface area contributed by atoms with E-state index in [-0.39, 0.29) is 11.2 Å². The van der Waals surface area contributed by atoms with Crippen LogP contribution in [0.1, 0.15) is 20.8 Å². The number of carbonyl (C=O) groups is 1. The molecule has 0 aliphatic heterocycles. The Labute approximate surface area is 100 Å². The highest BCUT2D eigenvalue weighted by Crippen LogP contribution is 2.62. The van der Waals surface area contributed by atoms with Crippen molar-refractivity contribution in [2.45, 2.75) is 26.0 Å². The molecule has 7 heteroatoms. The largest absolute Gasteiger partial charge is 0.358 e. The Kier molecular flexibility index (Phi) is 7.83. The van der Waals surface area contributed by atoms with Crippen molar-refractivity contribution in [2.24, 2.45) is 0 Å². The van der Waals surface area contributed by atoms with Crippen molar-refractivity contribution in [3.63, 3.8) is 0 Å². The van der Waals surface area contributed by atoms with Crippen LogP contribution in [0.5, 0.6) is 0 Å². The fraction of sp³-hybridized carbons (Fsp3) is 0.875. The predicted molar refractivity (Wildman–Crippen MR) is 68.7 cm³/mol. The van der Waals surface area contributed by atoms with Gasteiger partial charge in [-0.2, -0.15) is 0 Å². The molecular formula is C8H18NO3PS2. The van der Waals surface area contributed by atoms with E-state index in [2.05, 4.69) is 5.32 Å². The van der Waals surface area contributed by atoms with E-state index >= 15 is 0 Å². The van der Waals surface area contributed by atoms with Crippen LogP contribution in [0.2, 0.25) is 0 Å². The van der Waals surface area contributed by atoms with E-state index in [1.807, 2.05) is 13.8 Å². The van der Waals surface area contributed by atoms with Crippen molar-refractivity contribution in [3.05, 3.63) is 0 Å². The number of hydrogen-bond donors (Lipinski definition) is 1. The summed E-state index contributed by atoms with van der Waals surface area (Å²) in [7, 11) is 1.60. The SMILES string of the molecule is CCOP(=S)(OCC)SC(C)C(=O)NC. The van der Waals surface area contributed by atoms with Crippen LogP contribution in [-0.2, 0) is 25.6 Å². The van der Waals surface area contributed by atoms with Crippen molar-refractivity contribution in [1.29, 1.82) is 0 Å². The molecule has 1 atom stereocenters. The van der Waals surface area contributed by atoms with Crippen molar-refractivity contribution >= 4 is 34.8 Å². The molecule has 0 aliphatic rings. The van der Waals surface area contributed by atoms with Gasteiger partial charge in [-0.25, -0.2) is 0 Å². The second-order valence-electron chi connectivity index (χ2n) is 2.64. The van der Waals surface area contributed by atoms with Gasteiger partial charge in [0, 0.05) is 7.05 Å². The molecule has 90 valence electrons. The molecule has 0 aromatic carbocycles. The number of carbonyl (C=O) groups excluding carboxylic acids is 1. The summed E-state index contributed by atoms with van der Waals surface area (Å²) in [5, 5.41) is 2.32. The van der Waals surface area contributed by atoms with Crippen molar-refractivity contribution in [2.75, 3.05) is 20.3 Å². The van der Waals surface area contributed by atoms with Gasteiger partial charge in [0.05, 0.1) is 18.5 Å². The Morgan fingerprint density at radius 2 is 1.93 bits per heavy atom. The fourth-order valence-corrected chi connectivity index (χ4v) is 6.53. The fourth-order valence-electron chi connectivity index (χ4n) is 0.859. The van der Waals surface area contributed by atoms with Crippen molar-refractivity contribution < 1.29 is 13.8 Å². The average Bonchev–Trinajstić information content (AvgIpc) is 2.16. The summed E-state index contributed by atoms with van der Waals surface area (Å²) in [4.78, 5) is 11.3. The van der Waals surface area contributed by atoms with Gasteiger partial charge < -0.3 is 14.4 Å². The van der Waals surface area contributed by atoms with Crippen molar-refractivity contribution in [1.82, 2.24) is 5.32 Å². The highest BCUT2D eigenvalue weighted by Gasteiger charge is 2.25. The number of amides is 1. The lowest BCUT2D eigenvalue weighted by Gasteiger charge is -2.22. The molecule has 1 unspecified atom stereocenters. The molecule has 0 saturated carbocycles. The molecule has 0 heterocycles. The van der Waals surface area contributed by atoms with Crippen LogP contribution in [0, 0.1) is 0 Å². The molecule has 0 bridgehead atoms. The molecule has 0 fully saturated rings. The Balaban J connectivity index is 4.40. The van der Waals surface area contributed by atoms with Gasteiger partial charge in [-0.05, 0) is 32.6 Å². The van der Waals surface area contributed by atoms with Gasteiger partial charge in [0.15, 0.2) is 0 Å². The first kappa shape index (κ1) is 15.4. The summed E-state index contributed by atoms with van der Waals surface area (Å²) in [6.07, 6.45) is 0. The second kappa shape index (κ2) is 7.63. The van der Waals surface area contributed by atoms with Crippen LogP contribution in [0.4, 0.5) is 0 Å². The standard InChI is InChI=1S/C8H18NO3PS2/c1-5-11-13(14,12-6-2)15-7(3)8(10)9-4/h7H,5-6H2,1-4H3,(H,9,10). The molecule has 1 amide bonds. The van der Waals surface area contributed by atoms with Gasteiger partial charge in [0.1, 0.15) is 0 Å². The number of nitrogens with one attached hydrogen (secondary N) is 1. The maximum absolute atomic E-state index is 11.3. The lowest BCUT2D eigenvalue weighted by molar-refractivity contribution is -0.119. The minimum atomic E-state index is -2.35. The number of hydrogen-bond acceptors (Lipinski definition) is 5. The molecule has 0 aromatic heterocycles. The van der Waals surface area contributed by atoms with E-state index < -0.39 is 5.69 Å². The van der Waals surface area contributed by atoms with Gasteiger partial charge in [0.25, 0.3) is 0 Å². The molecule has 0 spiro atoms. The Hall–Kier alpha value is 0.390. The third-order valence-electron chi connectivity index (χ3n) is 1.48. The lowest BCUT2D eigenvalue weighted by Crippen LogP contribution is -2.27. The molecule has 0 aliphatic carbocycles. The Morgan fingerprint density at radius 1 is 1.47 bits per heavy atom. The average molecular weight is 271 g/mol. The van der Waals surface area contributed by atoms with E-state index in [0.29, 0.717) is 13.2 Å². The summed E-state index contributed by atoms with van der Waals surface area (Å²) >= 11 is 6.59. The maximum Gasteiger partial charge on any atom is 0.248 e. The van der Waals surface area contributed by atoms with E-state index in [4.69, 9.17) is 20.9 Å². The smallest absolute Gasteiger partial charge is 0.248 e. The normalized spacial score (nSPS) is 13.6. The van der Waals surface area contributed by atoms with Crippen LogP contribution in [0.3, 0.4) is 0 Å². The molecule has 0 aromatic rings. The van der Waals surface area contributed by atoms with E-state index in [0.717, 1.165) is 0 Å². The quantitative estimate of drug-likeness (QED) is 0.719. The van der Waals surface area contributed by atoms with Crippen LogP contribution in [0.25, 0.3) is 0 Å². The first-order chi connectivity index (χ1) is 6.99. The third kappa shape index (κ3) is 5.88. The zero-order valence-corrected chi connectivity index (χ0v) is 12.0. The molecule has 0 saturated heterocycles. The topological polar surface area (TPSA) is 47.6 Å². The van der Waals surface area contributed by atoms with Gasteiger partial charge in [-0.1, -0.05) is 11.4 Å². The summed E-state index contributed by atoms with van der Waals surface area (Å²) in [5.41, 5.74) is -2.35. The van der Waals surface area contributed by atoms with E-state index in [1.165, 1.54) is 11.4 Å². The molecule has 0 rings (SSSR count). The minimum Gasteiger partial charge on any atom is -0.358 e. The summed E-state index contributed by atoms with van der Waals surface area (Å²) in [6.45, 7) is 6.54. The summed E-state index contributed by atoms with van der Waals surface area (Å²) in [6, 6.07) is 0. The zero-order chi connectivity index (χ0) is 11.9. The van der Waals surface area contributed by atoms with Gasteiger partial charge in [-0.15, -0.1) is 0 Å². The van der Waals surface area contributed by atoms with E-state index in [1.54, 1.807) is 14.0 Å². The molecule has 15 heavy (non-hydrogen) atoms. The van der Waals surface area contributed by atoms with Crippen LogP contribution in [-0.4, -0.2) is 31.4 Å². The molecular weight excluding hydrogens is 253 g/mol.